The number of aromatic amines is 1. The number of aromatic nitrogens is 4. The Morgan fingerprint density at radius 2 is 1.75 bits per heavy atom. The van der Waals surface area contributed by atoms with E-state index in [0.29, 0.717) is 42.6 Å². The number of benzene rings is 1. The fraction of sp³-hybridized carbons (Fsp3) is 0.634. The summed E-state index contributed by atoms with van der Waals surface area (Å²) in [7, 11) is 0. The standard InChI is InChI=1S/C31H44N8O3.C5H11NO2.C5H10/c1-18-9-8-10-23-13-24(28(41)34-17-30(6,7)42)11-12-25(23)31(18,29-35-37-38-36-29)14-19(2)33-16-26(40)39(20(3)15-32)27-21(4)22(27)5;1-5(2,8)3-6-4-7;1-4-5(2)3/h9,11-13,19-22,27,33,42H,8,10,14,16-17H2,1-7H3,(H,34,41)(H,35,36,37,38);4,8H,3H2,1-2H3,(H,6,7);4H,1-3H3. The summed E-state index contributed by atoms with van der Waals surface area (Å²) in [5.74, 6) is 0.949. The number of allylic oxidation sites excluding steroid dienone is 4. The number of fused-ring (bicyclic) bond motifs is 1. The first-order chi connectivity index (χ1) is 25.6. The van der Waals surface area contributed by atoms with E-state index in [4.69, 9.17) is 5.11 Å². The van der Waals surface area contributed by atoms with Crippen molar-refractivity contribution in [2.45, 2.75) is 137 Å². The number of amides is 3. The predicted molar refractivity (Wildman–Crippen MR) is 214 cm³/mol. The van der Waals surface area contributed by atoms with Crippen molar-refractivity contribution in [3.8, 4) is 6.07 Å². The summed E-state index contributed by atoms with van der Waals surface area (Å²) in [5, 5.41) is 52.5. The summed E-state index contributed by atoms with van der Waals surface area (Å²) in [6.07, 6.45) is 6.90. The quantitative estimate of drug-likeness (QED) is 0.120. The molecule has 0 bridgehead atoms. The fourth-order valence-corrected chi connectivity index (χ4v) is 6.61. The number of H-pyrrole nitrogens is 1. The highest BCUT2D eigenvalue weighted by Crippen LogP contribution is 2.45. The molecule has 4 rings (SSSR count). The molecule has 2 aromatic rings. The molecule has 1 aromatic heterocycles. The average molecular weight is 764 g/mol. The van der Waals surface area contributed by atoms with Gasteiger partial charge in [0.05, 0.1) is 29.2 Å². The average Bonchev–Trinajstić information content (AvgIpc) is 3.44. The van der Waals surface area contributed by atoms with Crippen molar-refractivity contribution in [1.29, 1.82) is 5.26 Å². The van der Waals surface area contributed by atoms with Crippen LogP contribution in [0.25, 0.3) is 0 Å². The Bertz CT molecular complexity index is 1660. The van der Waals surface area contributed by atoms with Gasteiger partial charge >= 0.3 is 0 Å². The normalized spacial score (nSPS) is 21.2. The molecule has 6 N–H and O–H groups in total. The van der Waals surface area contributed by atoms with Gasteiger partial charge in [-0.3, -0.25) is 14.4 Å². The second-order valence-electron chi connectivity index (χ2n) is 16.4. The van der Waals surface area contributed by atoms with Gasteiger partial charge in [-0.25, -0.2) is 0 Å². The van der Waals surface area contributed by atoms with Crippen molar-refractivity contribution >= 4 is 18.2 Å². The Labute approximate surface area is 327 Å². The molecule has 0 spiro atoms. The van der Waals surface area contributed by atoms with E-state index < -0.39 is 22.7 Å². The van der Waals surface area contributed by atoms with Crippen LogP contribution in [0.3, 0.4) is 0 Å². The summed E-state index contributed by atoms with van der Waals surface area (Å²) >= 11 is 0. The van der Waals surface area contributed by atoms with Gasteiger partial charge in [0.1, 0.15) is 6.04 Å². The number of carbonyl (C=O) groups is 3. The zero-order valence-electron chi connectivity index (χ0n) is 34.9. The minimum Gasteiger partial charge on any atom is -0.389 e. The third-order valence-electron chi connectivity index (χ3n) is 10.2. The van der Waals surface area contributed by atoms with Crippen molar-refractivity contribution in [3.63, 3.8) is 0 Å². The number of hydrogen-bond donors (Lipinski definition) is 6. The van der Waals surface area contributed by atoms with E-state index in [9.17, 15) is 24.8 Å². The molecule has 0 radical (unpaired) electrons. The molecule has 0 aliphatic heterocycles. The summed E-state index contributed by atoms with van der Waals surface area (Å²) in [6, 6.07) is 7.38. The first kappa shape index (κ1) is 46.7. The molecule has 55 heavy (non-hydrogen) atoms. The number of carbonyl (C=O) groups excluding carboxylic acids is 3. The number of hydrogen-bond acceptors (Lipinski definition) is 10. The van der Waals surface area contributed by atoms with E-state index in [1.54, 1.807) is 45.6 Å². The Kier molecular flexibility index (Phi) is 17.4. The lowest BCUT2D eigenvalue weighted by Gasteiger charge is -2.36. The lowest BCUT2D eigenvalue weighted by molar-refractivity contribution is -0.132. The van der Waals surface area contributed by atoms with Crippen molar-refractivity contribution < 1.29 is 24.6 Å². The summed E-state index contributed by atoms with van der Waals surface area (Å²) in [6.45, 7) is 23.4. The molecule has 5 atom stereocenters. The Morgan fingerprint density at radius 3 is 2.22 bits per heavy atom. The van der Waals surface area contributed by atoms with Crippen LogP contribution in [0.15, 0.2) is 41.5 Å². The molecule has 1 saturated carbocycles. The van der Waals surface area contributed by atoms with Crippen LogP contribution in [-0.2, 0) is 21.4 Å². The SMILES string of the molecule is CC(C)(O)CNC=O.CC1=CCCc2cc(C(=O)NCC(C)(C)O)ccc2C1(CC(C)NCC(=O)N(C(C)C#N)C1C(C)C1C)c1nn[nH]n1.CC=C(C)C. The minimum absolute atomic E-state index is 0.0825. The number of nitrogens with one attached hydrogen (secondary N) is 4. The van der Waals surface area contributed by atoms with Crippen LogP contribution < -0.4 is 16.0 Å². The van der Waals surface area contributed by atoms with Crippen LogP contribution in [0.4, 0.5) is 0 Å². The van der Waals surface area contributed by atoms with Crippen LogP contribution >= 0.6 is 0 Å². The van der Waals surface area contributed by atoms with Gasteiger partial charge in [-0.1, -0.05) is 48.4 Å². The molecule has 2 aliphatic rings. The smallest absolute Gasteiger partial charge is 0.251 e. The van der Waals surface area contributed by atoms with E-state index in [0.717, 1.165) is 29.5 Å². The third-order valence-corrected chi connectivity index (χ3v) is 10.2. The molecule has 0 saturated heterocycles. The highest BCUT2D eigenvalue weighted by atomic mass is 16.3. The summed E-state index contributed by atoms with van der Waals surface area (Å²) in [4.78, 5) is 37.7. The summed E-state index contributed by atoms with van der Waals surface area (Å²) < 4.78 is 0. The highest BCUT2D eigenvalue weighted by Gasteiger charge is 2.50. The Balaban J connectivity index is 0.000000689. The summed E-state index contributed by atoms with van der Waals surface area (Å²) in [5.41, 5.74) is 2.43. The van der Waals surface area contributed by atoms with Gasteiger partial charge in [0.15, 0.2) is 5.82 Å². The molecule has 14 nitrogen and oxygen atoms in total. The molecule has 3 amide bonds. The van der Waals surface area contributed by atoms with Crippen molar-refractivity contribution in [3.05, 3.63) is 64.0 Å². The predicted octanol–water partition coefficient (Wildman–Crippen LogP) is 4.12. The molecule has 1 heterocycles. The second-order valence-corrected chi connectivity index (χ2v) is 16.4. The number of aliphatic hydroxyl groups is 2. The zero-order chi connectivity index (χ0) is 41.7. The second kappa shape index (κ2) is 20.5. The van der Waals surface area contributed by atoms with Gasteiger partial charge in [0.2, 0.25) is 12.3 Å². The van der Waals surface area contributed by atoms with Crippen LogP contribution in [0.2, 0.25) is 0 Å². The molecule has 2 aliphatic carbocycles. The third kappa shape index (κ3) is 13.7. The monoisotopic (exact) mass is 764 g/mol. The first-order valence-electron chi connectivity index (χ1n) is 19.1. The molecule has 5 unspecified atom stereocenters. The van der Waals surface area contributed by atoms with Gasteiger partial charge in [-0.15, -0.1) is 10.2 Å². The van der Waals surface area contributed by atoms with Crippen LogP contribution in [-0.4, -0.2) is 103 Å². The lowest BCUT2D eigenvalue weighted by atomic mass is 9.68. The molecule has 304 valence electrons. The van der Waals surface area contributed by atoms with Gasteiger partial charge in [0.25, 0.3) is 5.91 Å². The molecule has 1 fully saturated rings. The first-order valence-corrected chi connectivity index (χ1v) is 19.1. The molecular formula is C41H65N9O5. The van der Waals surface area contributed by atoms with E-state index in [-0.39, 0.29) is 37.0 Å². The maximum Gasteiger partial charge on any atom is 0.251 e. The van der Waals surface area contributed by atoms with Crippen LogP contribution in [0.1, 0.15) is 123 Å². The van der Waals surface area contributed by atoms with Crippen LogP contribution in [0.5, 0.6) is 0 Å². The van der Waals surface area contributed by atoms with Gasteiger partial charge in [0, 0.05) is 30.7 Å². The van der Waals surface area contributed by atoms with E-state index in [2.05, 4.69) is 89.4 Å². The lowest BCUT2D eigenvalue weighted by Crippen LogP contribution is -2.48. The van der Waals surface area contributed by atoms with Gasteiger partial charge in [-0.2, -0.15) is 10.5 Å². The van der Waals surface area contributed by atoms with Crippen LogP contribution in [0, 0.1) is 23.2 Å². The number of rotatable bonds is 14. The Morgan fingerprint density at radius 1 is 1.13 bits per heavy atom. The van der Waals surface area contributed by atoms with Gasteiger partial charge in [-0.05, 0) is 124 Å². The maximum absolute atomic E-state index is 13.4. The number of nitriles is 1. The highest BCUT2D eigenvalue weighted by molar-refractivity contribution is 5.94. The molecular weight excluding hydrogens is 699 g/mol. The minimum atomic E-state index is -1.01. The molecule has 1 aromatic carbocycles. The van der Waals surface area contributed by atoms with E-state index in [1.165, 1.54) is 5.57 Å². The van der Waals surface area contributed by atoms with Crippen molar-refractivity contribution in [2.24, 2.45) is 11.8 Å². The number of tetrazole rings is 1. The van der Waals surface area contributed by atoms with Crippen molar-refractivity contribution in [1.82, 2.24) is 41.5 Å². The van der Waals surface area contributed by atoms with Gasteiger partial charge < -0.3 is 31.1 Å². The van der Waals surface area contributed by atoms with Crippen molar-refractivity contribution in [2.75, 3.05) is 19.6 Å². The fourth-order valence-electron chi connectivity index (χ4n) is 6.61. The topological polar surface area (TPSA) is 209 Å². The number of aryl methyl sites for hydroxylation is 1. The molecule has 14 heteroatoms. The number of nitrogens with zero attached hydrogens (tertiary/aromatic N) is 5. The van der Waals surface area contributed by atoms with E-state index in [1.807, 2.05) is 26.0 Å². The van der Waals surface area contributed by atoms with E-state index >= 15 is 0 Å². The zero-order valence-corrected chi connectivity index (χ0v) is 34.9. The Hall–Kier alpha value is -4.45. The maximum atomic E-state index is 13.4. The largest absolute Gasteiger partial charge is 0.389 e.